The summed E-state index contributed by atoms with van der Waals surface area (Å²) in [5.41, 5.74) is 0.633. The monoisotopic (exact) mass is 295 g/mol. The van der Waals surface area contributed by atoms with E-state index in [-0.39, 0.29) is 17.8 Å². The molecule has 2 heterocycles. The van der Waals surface area contributed by atoms with Crippen LogP contribution in [0.15, 0.2) is 24.3 Å². The molecule has 20 heavy (non-hydrogen) atoms. The molecule has 2 fully saturated rings. The Bertz CT molecular complexity index is 485. The number of carbonyl (C=O) groups is 1. The van der Waals surface area contributed by atoms with E-state index >= 15 is 0 Å². The van der Waals surface area contributed by atoms with Gasteiger partial charge >= 0.3 is 0 Å². The van der Waals surface area contributed by atoms with E-state index in [1.54, 1.807) is 23.9 Å². The highest BCUT2D eigenvalue weighted by atomic mass is 32.2. The Morgan fingerprint density at radius 3 is 2.65 bits per heavy atom. The van der Waals surface area contributed by atoms with Gasteiger partial charge in [0, 0.05) is 37.8 Å². The van der Waals surface area contributed by atoms with Crippen LogP contribution in [0.5, 0.6) is 0 Å². The fourth-order valence-electron chi connectivity index (χ4n) is 2.65. The number of hydrogen-bond acceptors (Lipinski definition) is 4. The van der Waals surface area contributed by atoms with E-state index in [1.165, 1.54) is 6.07 Å². The summed E-state index contributed by atoms with van der Waals surface area (Å²) in [5, 5.41) is 3.20. The smallest absolute Gasteiger partial charge is 0.240 e. The normalized spacial score (nSPS) is 23.1. The van der Waals surface area contributed by atoms with E-state index in [0.29, 0.717) is 31.9 Å². The molecule has 0 radical (unpaired) electrons. The quantitative estimate of drug-likeness (QED) is 0.887. The van der Waals surface area contributed by atoms with E-state index in [1.807, 2.05) is 15.9 Å². The van der Waals surface area contributed by atoms with E-state index < -0.39 is 0 Å². The van der Waals surface area contributed by atoms with Crippen molar-refractivity contribution in [2.75, 3.05) is 42.7 Å². The number of nitrogens with one attached hydrogen (secondary N) is 1. The first-order valence-corrected chi connectivity index (χ1v) is 8.00. The van der Waals surface area contributed by atoms with Crippen LogP contribution in [-0.4, -0.2) is 54.7 Å². The summed E-state index contributed by atoms with van der Waals surface area (Å²) in [6.07, 6.45) is 0. The number of thioether (sulfide) groups is 1. The lowest BCUT2D eigenvalue weighted by molar-refractivity contribution is -0.132. The van der Waals surface area contributed by atoms with Gasteiger partial charge in [-0.3, -0.25) is 10.1 Å². The van der Waals surface area contributed by atoms with Gasteiger partial charge in [0.05, 0.1) is 11.7 Å². The van der Waals surface area contributed by atoms with Crippen molar-refractivity contribution in [1.82, 2.24) is 10.2 Å². The molecule has 108 valence electrons. The molecule has 0 spiro atoms. The fourth-order valence-corrected chi connectivity index (χ4v) is 3.58. The Kier molecular flexibility index (Phi) is 4.12. The summed E-state index contributed by atoms with van der Waals surface area (Å²) < 4.78 is 13.7. The van der Waals surface area contributed by atoms with Crippen molar-refractivity contribution in [3.63, 3.8) is 0 Å². The molecule has 3 rings (SSSR count). The summed E-state index contributed by atoms with van der Waals surface area (Å²) in [4.78, 5) is 16.2. The number of para-hydroxylation sites is 1. The Hall–Kier alpha value is -1.27. The van der Waals surface area contributed by atoms with Crippen LogP contribution in [0.2, 0.25) is 0 Å². The van der Waals surface area contributed by atoms with Crippen molar-refractivity contribution in [2.24, 2.45) is 0 Å². The summed E-state index contributed by atoms with van der Waals surface area (Å²) in [6, 6.07) is 6.77. The van der Waals surface area contributed by atoms with Gasteiger partial charge in [-0.15, -0.1) is 11.8 Å². The molecule has 1 aromatic carbocycles. The maximum absolute atomic E-state index is 13.7. The highest BCUT2D eigenvalue weighted by molar-refractivity contribution is 7.99. The number of benzene rings is 1. The molecular formula is C14H18FN3OS. The Labute approximate surface area is 122 Å². The number of anilines is 1. The van der Waals surface area contributed by atoms with Crippen LogP contribution in [0, 0.1) is 5.82 Å². The van der Waals surface area contributed by atoms with Gasteiger partial charge in [-0.05, 0) is 12.1 Å². The van der Waals surface area contributed by atoms with E-state index in [2.05, 4.69) is 5.32 Å². The molecule has 1 N–H and O–H groups in total. The molecule has 2 aliphatic heterocycles. The highest BCUT2D eigenvalue weighted by Crippen LogP contribution is 2.21. The number of carbonyl (C=O) groups excluding carboxylic acids is 1. The first-order chi connectivity index (χ1) is 9.75. The summed E-state index contributed by atoms with van der Waals surface area (Å²) >= 11 is 1.76. The van der Waals surface area contributed by atoms with Crippen LogP contribution in [0.3, 0.4) is 0 Å². The molecule has 0 aromatic heterocycles. The average molecular weight is 295 g/mol. The van der Waals surface area contributed by atoms with Gasteiger partial charge in [0.25, 0.3) is 0 Å². The van der Waals surface area contributed by atoms with Crippen molar-refractivity contribution in [1.29, 1.82) is 0 Å². The van der Waals surface area contributed by atoms with Gasteiger partial charge in [-0.1, -0.05) is 12.1 Å². The SMILES string of the molecule is O=C([C@H]1CSCN1)N1CCN(c2ccccc2F)CC1. The van der Waals surface area contributed by atoms with Crippen LogP contribution in [0.25, 0.3) is 0 Å². The molecule has 2 aliphatic rings. The number of rotatable bonds is 2. The summed E-state index contributed by atoms with van der Waals surface area (Å²) in [6.45, 7) is 2.70. The third kappa shape index (κ3) is 2.76. The van der Waals surface area contributed by atoms with Crippen LogP contribution in [-0.2, 0) is 4.79 Å². The number of halogens is 1. The van der Waals surface area contributed by atoms with Gasteiger partial charge in [-0.2, -0.15) is 0 Å². The number of nitrogens with zero attached hydrogens (tertiary/aromatic N) is 2. The van der Waals surface area contributed by atoms with Crippen LogP contribution < -0.4 is 10.2 Å². The second kappa shape index (κ2) is 6.01. The molecule has 0 aliphatic carbocycles. The lowest BCUT2D eigenvalue weighted by Crippen LogP contribution is -2.53. The average Bonchev–Trinajstić information content (AvgIpc) is 3.01. The first kappa shape index (κ1) is 13.7. The van der Waals surface area contributed by atoms with Crippen LogP contribution >= 0.6 is 11.8 Å². The van der Waals surface area contributed by atoms with Gasteiger partial charge in [-0.25, -0.2) is 4.39 Å². The lowest BCUT2D eigenvalue weighted by Gasteiger charge is -2.37. The highest BCUT2D eigenvalue weighted by Gasteiger charge is 2.29. The molecule has 4 nitrogen and oxygen atoms in total. The van der Waals surface area contributed by atoms with Gasteiger partial charge in [0.15, 0.2) is 0 Å². The zero-order chi connectivity index (χ0) is 13.9. The zero-order valence-corrected chi connectivity index (χ0v) is 12.0. The molecule has 2 saturated heterocycles. The lowest BCUT2D eigenvalue weighted by atomic mass is 10.2. The molecule has 0 bridgehead atoms. The second-order valence-electron chi connectivity index (χ2n) is 5.04. The number of hydrogen-bond donors (Lipinski definition) is 1. The van der Waals surface area contributed by atoms with Crippen LogP contribution in [0.1, 0.15) is 0 Å². The van der Waals surface area contributed by atoms with Crippen molar-refractivity contribution in [3.8, 4) is 0 Å². The maximum atomic E-state index is 13.7. The van der Waals surface area contributed by atoms with Crippen molar-refractivity contribution in [2.45, 2.75) is 6.04 Å². The van der Waals surface area contributed by atoms with Gasteiger partial charge in [0.1, 0.15) is 5.82 Å². The van der Waals surface area contributed by atoms with Gasteiger partial charge < -0.3 is 9.80 Å². The summed E-state index contributed by atoms with van der Waals surface area (Å²) in [7, 11) is 0. The fraction of sp³-hybridized carbons (Fsp3) is 0.500. The minimum atomic E-state index is -0.193. The van der Waals surface area contributed by atoms with E-state index in [9.17, 15) is 9.18 Å². The van der Waals surface area contributed by atoms with Crippen LogP contribution in [0.4, 0.5) is 10.1 Å². The molecular weight excluding hydrogens is 277 g/mol. The topological polar surface area (TPSA) is 35.6 Å². The van der Waals surface area contributed by atoms with Crippen molar-refractivity contribution < 1.29 is 9.18 Å². The predicted molar refractivity (Wildman–Crippen MR) is 79.4 cm³/mol. The Morgan fingerprint density at radius 1 is 1.25 bits per heavy atom. The Morgan fingerprint density at radius 2 is 2.00 bits per heavy atom. The standard InChI is InChI=1S/C14H18FN3OS/c15-11-3-1-2-4-13(11)17-5-7-18(8-6-17)14(19)12-9-20-10-16-12/h1-4,12,16H,5-10H2/t12-/m1/s1. The maximum Gasteiger partial charge on any atom is 0.240 e. The zero-order valence-electron chi connectivity index (χ0n) is 11.2. The van der Waals surface area contributed by atoms with Gasteiger partial charge in [0.2, 0.25) is 5.91 Å². The molecule has 0 unspecified atom stereocenters. The first-order valence-electron chi connectivity index (χ1n) is 6.85. The third-order valence-corrected chi connectivity index (χ3v) is 4.74. The van der Waals surface area contributed by atoms with Crippen molar-refractivity contribution >= 4 is 23.4 Å². The molecule has 6 heteroatoms. The molecule has 1 atom stereocenters. The minimum Gasteiger partial charge on any atom is -0.366 e. The van der Waals surface area contributed by atoms with E-state index in [4.69, 9.17) is 0 Å². The minimum absolute atomic E-state index is 0.0417. The number of amides is 1. The van der Waals surface area contributed by atoms with E-state index in [0.717, 1.165) is 11.6 Å². The third-order valence-electron chi connectivity index (χ3n) is 3.80. The number of piperazine rings is 1. The second-order valence-corrected chi connectivity index (χ2v) is 6.07. The van der Waals surface area contributed by atoms with Crippen molar-refractivity contribution in [3.05, 3.63) is 30.1 Å². The largest absolute Gasteiger partial charge is 0.366 e. The Balaban J connectivity index is 1.59. The molecule has 0 saturated carbocycles. The predicted octanol–water partition coefficient (Wildman–Crippen LogP) is 1.14. The summed E-state index contributed by atoms with van der Waals surface area (Å²) in [5.74, 6) is 1.70. The molecule has 1 aromatic rings. The molecule has 1 amide bonds.